The Balaban J connectivity index is 2.31. The molecule has 0 heterocycles. The largest absolute Gasteiger partial charge is 0.394 e. The van der Waals surface area contributed by atoms with Crippen molar-refractivity contribution < 1.29 is 5.11 Å². The molecule has 1 aliphatic carbocycles. The van der Waals surface area contributed by atoms with Crippen LogP contribution in [0.15, 0.2) is 0 Å². The lowest BCUT2D eigenvalue weighted by Gasteiger charge is -2.39. The molecule has 0 aromatic heterocycles. The Bertz CT molecular complexity index is 196. The van der Waals surface area contributed by atoms with Crippen LogP contribution in [0, 0.1) is 5.92 Å². The lowest BCUT2D eigenvalue weighted by atomic mass is 9.77. The van der Waals surface area contributed by atoms with Crippen LogP contribution in [0.25, 0.3) is 0 Å². The predicted octanol–water partition coefficient (Wildman–Crippen LogP) is 1.86. The van der Waals surface area contributed by atoms with Gasteiger partial charge in [-0.05, 0) is 44.7 Å². The lowest BCUT2D eigenvalue weighted by molar-refractivity contribution is 0.102. The molecule has 0 amide bonds. The van der Waals surface area contributed by atoms with Gasteiger partial charge in [-0.2, -0.15) is 0 Å². The second kappa shape index (κ2) is 7.34. The van der Waals surface area contributed by atoms with Crippen molar-refractivity contribution in [2.24, 2.45) is 5.92 Å². The van der Waals surface area contributed by atoms with Gasteiger partial charge >= 0.3 is 0 Å². The molecule has 102 valence electrons. The number of nitrogens with zero attached hydrogens (tertiary/aromatic N) is 1. The summed E-state index contributed by atoms with van der Waals surface area (Å²) >= 11 is 0. The minimum absolute atomic E-state index is 0.0136. The summed E-state index contributed by atoms with van der Waals surface area (Å²) < 4.78 is 0. The molecule has 3 heteroatoms. The highest BCUT2D eigenvalue weighted by atomic mass is 16.3. The molecule has 0 radical (unpaired) electrons. The maximum atomic E-state index is 9.63. The van der Waals surface area contributed by atoms with E-state index in [-0.39, 0.29) is 12.1 Å². The van der Waals surface area contributed by atoms with Crippen LogP contribution in [0.3, 0.4) is 0 Å². The van der Waals surface area contributed by atoms with Crippen molar-refractivity contribution >= 4 is 0 Å². The average molecular weight is 242 g/mol. The number of nitrogens with one attached hydrogen (secondary N) is 1. The van der Waals surface area contributed by atoms with E-state index in [2.05, 4.69) is 31.0 Å². The number of likely N-dealkylation sites (N-methyl/N-ethyl adjacent to an activating group) is 1. The summed E-state index contributed by atoms with van der Waals surface area (Å²) in [5, 5.41) is 13.2. The van der Waals surface area contributed by atoms with E-state index in [0.717, 1.165) is 44.9 Å². The van der Waals surface area contributed by atoms with E-state index in [0.29, 0.717) is 0 Å². The van der Waals surface area contributed by atoms with Gasteiger partial charge in [0.1, 0.15) is 0 Å². The maximum absolute atomic E-state index is 9.63. The highest BCUT2D eigenvalue weighted by Gasteiger charge is 2.32. The number of hydrogen-bond donors (Lipinski definition) is 2. The smallest absolute Gasteiger partial charge is 0.0613 e. The van der Waals surface area contributed by atoms with Crippen LogP contribution in [0.4, 0.5) is 0 Å². The molecule has 0 saturated heterocycles. The van der Waals surface area contributed by atoms with Crippen molar-refractivity contribution in [1.29, 1.82) is 0 Å². The normalized spacial score (nSPS) is 29.8. The monoisotopic (exact) mass is 242 g/mol. The summed E-state index contributed by atoms with van der Waals surface area (Å²) in [7, 11) is 0. The van der Waals surface area contributed by atoms with E-state index in [1.165, 1.54) is 12.8 Å². The summed E-state index contributed by atoms with van der Waals surface area (Å²) in [6, 6.07) is 0. The molecular weight excluding hydrogens is 212 g/mol. The fourth-order valence-electron chi connectivity index (χ4n) is 2.72. The molecule has 1 rings (SSSR count). The number of aliphatic hydroxyl groups is 1. The third-order valence-electron chi connectivity index (χ3n) is 4.36. The van der Waals surface area contributed by atoms with E-state index in [1.807, 2.05) is 0 Å². The second-order valence-electron chi connectivity index (χ2n) is 5.57. The summed E-state index contributed by atoms with van der Waals surface area (Å²) in [5.41, 5.74) is 0.0136. The first kappa shape index (κ1) is 14.9. The average Bonchev–Trinajstić information content (AvgIpc) is 2.37. The standard InChI is InChI=1S/C14H30N2O/c1-4-16(5-2)11-10-15-14(12-17)8-6-13(3)7-9-14/h13,15,17H,4-12H2,1-3H3. The minimum Gasteiger partial charge on any atom is -0.394 e. The Hall–Kier alpha value is -0.120. The van der Waals surface area contributed by atoms with Gasteiger partial charge in [-0.3, -0.25) is 0 Å². The molecule has 17 heavy (non-hydrogen) atoms. The molecule has 0 aromatic carbocycles. The topological polar surface area (TPSA) is 35.5 Å². The van der Waals surface area contributed by atoms with Gasteiger partial charge in [0.25, 0.3) is 0 Å². The van der Waals surface area contributed by atoms with Crippen molar-refractivity contribution in [3.63, 3.8) is 0 Å². The maximum Gasteiger partial charge on any atom is 0.0613 e. The zero-order valence-corrected chi connectivity index (χ0v) is 11.8. The van der Waals surface area contributed by atoms with E-state index in [9.17, 15) is 5.11 Å². The molecule has 0 aliphatic heterocycles. The summed E-state index contributed by atoms with van der Waals surface area (Å²) in [4.78, 5) is 2.42. The van der Waals surface area contributed by atoms with Gasteiger partial charge in [-0.15, -0.1) is 0 Å². The van der Waals surface area contributed by atoms with Gasteiger partial charge in [-0.25, -0.2) is 0 Å². The van der Waals surface area contributed by atoms with Crippen LogP contribution in [0.5, 0.6) is 0 Å². The van der Waals surface area contributed by atoms with E-state index in [4.69, 9.17) is 0 Å². The first-order chi connectivity index (χ1) is 8.15. The van der Waals surface area contributed by atoms with E-state index < -0.39 is 0 Å². The molecule has 3 nitrogen and oxygen atoms in total. The van der Waals surface area contributed by atoms with E-state index >= 15 is 0 Å². The molecule has 0 bridgehead atoms. The molecule has 2 N–H and O–H groups in total. The van der Waals surface area contributed by atoms with Gasteiger partial charge in [0, 0.05) is 18.6 Å². The van der Waals surface area contributed by atoms with Gasteiger partial charge < -0.3 is 15.3 Å². The van der Waals surface area contributed by atoms with Gasteiger partial charge in [-0.1, -0.05) is 20.8 Å². The lowest BCUT2D eigenvalue weighted by Crippen LogP contribution is -2.52. The molecule has 1 aliphatic rings. The quantitative estimate of drug-likeness (QED) is 0.715. The van der Waals surface area contributed by atoms with Gasteiger partial charge in [0.2, 0.25) is 0 Å². The minimum atomic E-state index is 0.0136. The van der Waals surface area contributed by atoms with Crippen molar-refractivity contribution in [1.82, 2.24) is 10.2 Å². The highest BCUT2D eigenvalue weighted by Crippen LogP contribution is 2.31. The van der Waals surface area contributed by atoms with Crippen LogP contribution in [0.1, 0.15) is 46.5 Å². The van der Waals surface area contributed by atoms with Crippen LogP contribution in [-0.2, 0) is 0 Å². The fourth-order valence-corrected chi connectivity index (χ4v) is 2.72. The van der Waals surface area contributed by atoms with E-state index in [1.54, 1.807) is 0 Å². The predicted molar refractivity (Wildman–Crippen MR) is 73.2 cm³/mol. The number of rotatable bonds is 7. The molecular formula is C14H30N2O. The number of aliphatic hydroxyl groups excluding tert-OH is 1. The van der Waals surface area contributed by atoms with Gasteiger partial charge in [0.15, 0.2) is 0 Å². The SMILES string of the molecule is CCN(CC)CCNC1(CO)CCC(C)CC1. The Morgan fingerprint density at radius 2 is 1.82 bits per heavy atom. The highest BCUT2D eigenvalue weighted by molar-refractivity contribution is 4.91. The van der Waals surface area contributed by atoms with Crippen LogP contribution in [-0.4, -0.2) is 48.3 Å². The zero-order valence-electron chi connectivity index (χ0n) is 11.8. The van der Waals surface area contributed by atoms with Crippen molar-refractivity contribution in [2.75, 3.05) is 32.8 Å². The van der Waals surface area contributed by atoms with Crippen molar-refractivity contribution in [3.8, 4) is 0 Å². The third-order valence-corrected chi connectivity index (χ3v) is 4.36. The Kier molecular flexibility index (Phi) is 6.45. The van der Waals surface area contributed by atoms with Gasteiger partial charge in [0.05, 0.1) is 6.61 Å². The summed E-state index contributed by atoms with van der Waals surface area (Å²) in [6.45, 7) is 11.3. The van der Waals surface area contributed by atoms with Crippen LogP contribution >= 0.6 is 0 Å². The van der Waals surface area contributed by atoms with Crippen LogP contribution < -0.4 is 5.32 Å². The molecule has 1 saturated carbocycles. The Morgan fingerprint density at radius 1 is 1.24 bits per heavy atom. The molecule has 0 aromatic rings. The van der Waals surface area contributed by atoms with Crippen molar-refractivity contribution in [3.05, 3.63) is 0 Å². The molecule has 0 spiro atoms. The molecule has 0 atom stereocenters. The second-order valence-corrected chi connectivity index (χ2v) is 5.57. The fraction of sp³-hybridized carbons (Fsp3) is 1.00. The summed E-state index contributed by atoms with van der Waals surface area (Å²) in [6.07, 6.45) is 4.75. The number of hydrogen-bond acceptors (Lipinski definition) is 3. The Labute approximate surface area is 107 Å². The Morgan fingerprint density at radius 3 is 2.29 bits per heavy atom. The van der Waals surface area contributed by atoms with Crippen molar-refractivity contribution in [2.45, 2.75) is 52.0 Å². The first-order valence-corrected chi connectivity index (χ1v) is 7.24. The first-order valence-electron chi connectivity index (χ1n) is 7.24. The summed E-state index contributed by atoms with van der Waals surface area (Å²) in [5.74, 6) is 0.833. The molecule has 1 fully saturated rings. The molecule has 0 unspecified atom stereocenters. The van der Waals surface area contributed by atoms with Crippen LogP contribution in [0.2, 0.25) is 0 Å². The third kappa shape index (κ3) is 4.57. The zero-order chi connectivity index (χ0) is 12.7.